The molecule has 0 radical (unpaired) electrons. The monoisotopic (exact) mass is 318 g/mol. The van der Waals surface area contributed by atoms with Gasteiger partial charge in [0.15, 0.2) is 0 Å². The highest BCUT2D eigenvalue weighted by atomic mass is 16.6. The predicted octanol–water partition coefficient (Wildman–Crippen LogP) is 3.90. The lowest BCUT2D eigenvalue weighted by molar-refractivity contribution is 0.0145. The van der Waals surface area contributed by atoms with Crippen molar-refractivity contribution in [2.45, 2.75) is 52.2 Å². The van der Waals surface area contributed by atoms with Crippen LogP contribution >= 0.6 is 0 Å². The summed E-state index contributed by atoms with van der Waals surface area (Å²) in [7, 11) is 2.00. The summed E-state index contributed by atoms with van der Waals surface area (Å²) in [6.45, 7) is 9.37. The van der Waals surface area contributed by atoms with Gasteiger partial charge in [0.25, 0.3) is 0 Å². The number of carbonyl (C=O) groups excluding carboxylic acids is 1. The zero-order chi connectivity index (χ0) is 17.0. The van der Waals surface area contributed by atoms with E-state index in [-0.39, 0.29) is 12.1 Å². The Bertz CT molecular complexity index is 519. The summed E-state index contributed by atoms with van der Waals surface area (Å²) in [4.78, 5) is 14.2. The van der Waals surface area contributed by atoms with E-state index in [1.54, 1.807) is 0 Å². The number of amides is 1. The van der Waals surface area contributed by atoms with E-state index in [0.717, 1.165) is 25.9 Å². The van der Waals surface area contributed by atoms with Crippen molar-refractivity contribution in [3.8, 4) is 0 Å². The van der Waals surface area contributed by atoms with E-state index >= 15 is 0 Å². The van der Waals surface area contributed by atoms with Gasteiger partial charge in [-0.05, 0) is 59.1 Å². The Kier molecular flexibility index (Phi) is 5.69. The van der Waals surface area contributed by atoms with Gasteiger partial charge in [-0.1, -0.05) is 29.8 Å². The second-order valence-corrected chi connectivity index (χ2v) is 7.51. The lowest BCUT2D eigenvalue weighted by Gasteiger charge is -2.37. The SMILES string of the molecule is CNC(c1ccc(C)cc1)C1CCCN(C(=O)OC(C)(C)C)C1. The van der Waals surface area contributed by atoms with Gasteiger partial charge in [-0.15, -0.1) is 0 Å². The van der Waals surface area contributed by atoms with E-state index in [4.69, 9.17) is 4.74 Å². The summed E-state index contributed by atoms with van der Waals surface area (Å²) in [5.41, 5.74) is 2.11. The van der Waals surface area contributed by atoms with Crippen molar-refractivity contribution in [1.29, 1.82) is 0 Å². The second kappa shape index (κ2) is 7.35. The van der Waals surface area contributed by atoms with E-state index < -0.39 is 5.60 Å². The number of aryl methyl sites for hydroxylation is 1. The van der Waals surface area contributed by atoms with Crippen LogP contribution in [-0.2, 0) is 4.74 Å². The highest BCUT2D eigenvalue weighted by Crippen LogP contribution is 2.30. The number of rotatable bonds is 3. The number of likely N-dealkylation sites (tertiary alicyclic amines) is 1. The van der Waals surface area contributed by atoms with Crippen LogP contribution in [-0.4, -0.2) is 36.7 Å². The Morgan fingerprint density at radius 1 is 1.30 bits per heavy atom. The molecule has 2 rings (SSSR count). The molecule has 4 nitrogen and oxygen atoms in total. The fourth-order valence-corrected chi connectivity index (χ4v) is 3.22. The minimum Gasteiger partial charge on any atom is -0.444 e. The molecular formula is C19H30N2O2. The van der Waals surface area contributed by atoms with Crippen molar-refractivity contribution in [1.82, 2.24) is 10.2 Å². The highest BCUT2D eigenvalue weighted by molar-refractivity contribution is 5.68. The maximum Gasteiger partial charge on any atom is 0.410 e. The van der Waals surface area contributed by atoms with Crippen molar-refractivity contribution < 1.29 is 9.53 Å². The third-order valence-electron chi connectivity index (χ3n) is 4.33. The molecule has 1 heterocycles. The zero-order valence-electron chi connectivity index (χ0n) is 15.1. The summed E-state index contributed by atoms with van der Waals surface area (Å²) >= 11 is 0. The van der Waals surface area contributed by atoms with E-state index in [2.05, 4.69) is 36.5 Å². The molecule has 1 amide bonds. The first-order valence-electron chi connectivity index (χ1n) is 8.52. The van der Waals surface area contributed by atoms with Gasteiger partial charge in [0, 0.05) is 19.1 Å². The molecule has 0 aromatic heterocycles. The molecule has 0 bridgehead atoms. The number of carbonyl (C=O) groups is 1. The molecule has 1 saturated heterocycles. The molecule has 0 aliphatic carbocycles. The van der Waals surface area contributed by atoms with E-state index in [0.29, 0.717) is 5.92 Å². The van der Waals surface area contributed by atoms with Gasteiger partial charge in [0.2, 0.25) is 0 Å². The first kappa shape index (κ1) is 17.8. The van der Waals surface area contributed by atoms with Gasteiger partial charge in [0.1, 0.15) is 5.60 Å². The van der Waals surface area contributed by atoms with Gasteiger partial charge in [0.05, 0.1) is 0 Å². The van der Waals surface area contributed by atoms with Gasteiger partial charge in [-0.2, -0.15) is 0 Å². The summed E-state index contributed by atoms with van der Waals surface area (Å²) in [5, 5.41) is 3.44. The van der Waals surface area contributed by atoms with Crippen LogP contribution in [0.2, 0.25) is 0 Å². The third kappa shape index (κ3) is 4.96. The molecule has 128 valence electrons. The molecule has 1 N–H and O–H groups in total. The molecule has 1 aromatic rings. The number of hydrogen-bond acceptors (Lipinski definition) is 3. The molecule has 0 saturated carbocycles. The van der Waals surface area contributed by atoms with Crippen molar-refractivity contribution >= 4 is 6.09 Å². The number of nitrogens with one attached hydrogen (secondary N) is 1. The number of hydrogen-bond donors (Lipinski definition) is 1. The van der Waals surface area contributed by atoms with Crippen LogP contribution in [0.3, 0.4) is 0 Å². The largest absolute Gasteiger partial charge is 0.444 e. The second-order valence-electron chi connectivity index (χ2n) is 7.51. The van der Waals surface area contributed by atoms with Gasteiger partial charge < -0.3 is 15.0 Å². The number of nitrogens with zero attached hydrogens (tertiary/aromatic N) is 1. The quantitative estimate of drug-likeness (QED) is 0.919. The fraction of sp³-hybridized carbons (Fsp3) is 0.632. The summed E-state index contributed by atoms with van der Waals surface area (Å²) in [6, 6.07) is 8.93. The van der Waals surface area contributed by atoms with E-state index in [1.807, 2.05) is 32.7 Å². The summed E-state index contributed by atoms with van der Waals surface area (Å²) in [6.07, 6.45) is 1.95. The normalized spacial score (nSPS) is 20.2. The van der Waals surface area contributed by atoms with Crippen LogP contribution in [0.25, 0.3) is 0 Å². The van der Waals surface area contributed by atoms with Gasteiger partial charge in [-0.25, -0.2) is 4.79 Å². The third-order valence-corrected chi connectivity index (χ3v) is 4.33. The Morgan fingerprint density at radius 3 is 2.52 bits per heavy atom. The first-order chi connectivity index (χ1) is 10.8. The van der Waals surface area contributed by atoms with Crippen LogP contribution in [0.15, 0.2) is 24.3 Å². The van der Waals surface area contributed by atoms with E-state index in [9.17, 15) is 4.79 Å². The van der Waals surface area contributed by atoms with Crippen molar-refractivity contribution in [2.24, 2.45) is 5.92 Å². The van der Waals surface area contributed by atoms with Gasteiger partial charge in [-0.3, -0.25) is 0 Å². The Hall–Kier alpha value is -1.55. The molecule has 0 spiro atoms. The average molecular weight is 318 g/mol. The Morgan fingerprint density at radius 2 is 1.96 bits per heavy atom. The molecule has 2 unspecified atom stereocenters. The van der Waals surface area contributed by atoms with Crippen LogP contribution in [0.1, 0.15) is 50.8 Å². The van der Waals surface area contributed by atoms with E-state index in [1.165, 1.54) is 11.1 Å². The molecule has 1 aliphatic heterocycles. The number of ether oxygens (including phenoxy) is 1. The topological polar surface area (TPSA) is 41.6 Å². The molecule has 2 atom stereocenters. The predicted molar refractivity (Wildman–Crippen MR) is 93.5 cm³/mol. The van der Waals surface area contributed by atoms with Crippen LogP contribution in [0, 0.1) is 12.8 Å². The Balaban J connectivity index is 2.06. The van der Waals surface area contributed by atoms with Crippen LogP contribution in [0.4, 0.5) is 4.79 Å². The lowest BCUT2D eigenvalue weighted by Crippen LogP contribution is -2.45. The highest BCUT2D eigenvalue weighted by Gasteiger charge is 2.31. The Labute approximate surface area is 140 Å². The number of piperidine rings is 1. The van der Waals surface area contributed by atoms with Crippen LogP contribution < -0.4 is 5.32 Å². The summed E-state index contributed by atoms with van der Waals surface area (Å²) in [5.74, 6) is 0.406. The molecule has 1 fully saturated rings. The maximum atomic E-state index is 12.3. The maximum absolute atomic E-state index is 12.3. The van der Waals surface area contributed by atoms with Crippen molar-refractivity contribution in [2.75, 3.05) is 20.1 Å². The fourth-order valence-electron chi connectivity index (χ4n) is 3.22. The molecular weight excluding hydrogens is 288 g/mol. The smallest absolute Gasteiger partial charge is 0.410 e. The molecule has 1 aliphatic rings. The minimum absolute atomic E-state index is 0.194. The molecule has 1 aromatic carbocycles. The van der Waals surface area contributed by atoms with Crippen LogP contribution in [0.5, 0.6) is 0 Å². The lowest BCUT2D eigenvalue weighted by atomic mass is 9.86. The summed E-state index contributed by atoms with van der Waals surface area (Å²) < 4.78 is 5.53. The van der Waals surface area contributed by atoms with Crippen molar-refractivity contribution in [3.63, 3.8) is 0 Å². The van der Waals surface area contributed by atoms with Crippen molar-refractivity contribution in [3.05, 3.63) is 35.4 Å². The standard InChI is InChI=1S/C19H30N2O2/c1-14-8-10-15(11-9-14)17(20-5)16-7-6-12-21(13-16)18(22)23-19(2,3)4/h8-11,16-17,20H,6-7,12-13H2,1-5H3. The molecule has 4 heteroatoms. The number of benzene rings is 1. The first-order valence-corrected chi connectivity index (χ1v) is 8.52. The van der Waals surface area contributed by atoms with Gasteiger partial charge >= 0.3 is 6.09 Å². The molecule has 23 heavy (non-hydrogen) atoms. The average Bonchev–Trinajstić information content (AvgIpc) is 2.48. The minimum atomic E-state index is -0.441. The zero-order valence-corrected chi connectivity index (χ0v) is 15.1.